The molecule has 0 fully saturated rings. The summed E-state index contributed by atoms with van der Waals surface area (Å²) < 4.78 is 13.5. The van der Waals surface area contributed by atoms with E-state index in [4.69, 9.17) is 11.6 Å². The summed E-state index contributed by atoms with van der Waals surface area (Å²) in [5, 5.41) is 5.89. The normalized spacial score (nSPS) is 10.3. The zero-order valence-corrected chi connectivity index (χ0v) is 13.9. The van der Waals surface area contributed by atoms with E-state index >= 15 is 0 Å². The summed E-state index contributed by atoms with van der Waals surface area (Å²) in [4.78, 5) is 16.4. The molecule has 0 unspecified atom stereocenters. The average molecular weight is 356 g/mol. The molecule has 2 aromatic carbocycles. The van der Waals surface area contributed by atoms with E-state index in [-0.39, 0.29) is 12.4 Å². The number of hydrogen-bond acceptors (Lipinski definition) is 2. The highest BCUT2D eigenvalue weighted by Crippen LogP contribution is 2.21. The first-order valence-electron chi connectivity index (χ1n) is 7.63. The Morgan fingerprint density at radius 3 is 2.52 bits per heavy atom. The van der Waals surface area contributed by atoms with Crippen molar-refractivity contribution in [1.82, 2.24) is 10.3 Å². The number of amides is 2. The summed E-state index contributed by atoms with van der Waals surface area (Å²) >= 11 is 5.88. The third-order valence-corrected chi connectivity index (χ3v) is 3.78. The second kappa shape index (κ2) is 7.77. The molecule has 2 amide bonds. The van der Waals surface area contributed by atoms with Crippen LogP contribution in [0.25, 0.3) is 11.3 Å². The maximum absolute atomic E-state index is 13.5. The van der Waals surface area contributed by atoms with Crippen LogP contribution in [0.2, 0.25) is 5.02 Å². The van der Waals surface area contributed by atoms with Crippen molar-refractivity contribution in [1.29, 1.82) is 0 Å². The minimum Gasteiger partial charge on any atom is -0.334 e. The van der Waals surface area contributed by atoms with E-state index in [1.54, 1.807) is 42.5 Å². The van der Waals surface area contributed by atoms with Crippen molar-refractivity contribution in [3.8, 4) is 11.3 Å². The van der Waals surface area contributed by atoms with Gasteiger partial charge >= 0.3 is 6.03 Å². The lowest BCUT2D eigenvalue weighted by atomic mass is 10.1. The smallest absolute Gasteiger partial charge is 0.320 e. The lowest BCUT2D eigenvalue weighted by Crippen LogP contribution is -2.28. The lowest BCUT2D eigenvalue weighted by molar-refractivity contribution is 0.251. The Morgan fingerprint density at radius 1 is 1.00 bits per heavy atom. The molecule has 0 saturated heterocycles. The van der Waals surface area contributed by atoms with Crippen LogP contribution in [0.4, 0.5) is 15.0 Å². The molecule has 0 aliphatic carbocycles. The summed E-state index contributed by atoms with van der Waals surface area (Å²) in [7, 11) is 0. The Hall–Kier alpha value is -2.92. The van der Waals surface area contributed by atoms with Gasteiger partial charge in [0.2, 0.25) is 0 Å². The molecule has 0 radical (unpaired) electrons. The summed E-state index contributed by atoms with van der Waals surface area (Å²) in [6, 6.07) is 18.4. The van der Waals surface area contributed by atoms with Gasteiger partial charge in [0, 0.05) is 22.7 Å². The first kappa shape index (κ1) is 16.9. The van der Waals surface area contributed by atoms with Gasteiger partial charge < -0.3 is 5.32 Å². The van der Waals surface area contributed by atoms with Crippen molar-refractivity contribution in [2.45, 2.75) is 6.54 Å². The molecule has 0 aliphatic rings. The largest absolute Gasteiger partial charge is 0.334 e. The van der Waals surface area contributed by atoms with E-state index < -0.39 is 6.03 Å². The van der Waals surface area contributed by atoms with Crippen LogP contribution in [-0.2, 0) is 6.54 Å². The van der Waals surface area contributed by atoms with Crippen LogP contribution < -0.4 is 10.6 Å². The molecule has 1 heterocycles. The number of nitrogens with one attached hydrogen (secondary N) is 2. The molecule has 0 saturated carbocycles. The summed E-state index contributed by atoms with van der Waals surface area (Å²) in [6.07, 6.45) is 0. The zero-order valence-electron chi connectivity index (χ0n) is 13.2. The molecule has 1 aromatic heterocycles. The van der Waals surface area contributed by atoms with Gasteiger partial charge in [0.25, 0.3) is 0 Å². The second-order valence-corrected chi connectivity index (χ2v) is 5.75. The number of rotatable bonds is 4. The van der Waals surface area contributed by atoms with Crippen molar-refractivity contribution in [2.75, 3.05) is 5.32 Å². The quantitative estimate of drug-likeness (QED) is 0.702. The third-order valence-electron chi connectivity index (χ3n) is 3.53. The number of nitrogens with zero attached hydrogens (tertiary/aromatic N) is 1. The number of halogens is 2. The van der Waals surface area contributed by atoms with Gasteiger partial charge in [0.05, 0.1) is 5.69 Å². The van der Waals surface area contributed by atoms with Gasteiger partial charge in [-0.05, 0) is 30.3 Å². The fraction of sp³-hybridized carbons (Fsp3) is 0.0526. The van der Waals surface area contributed by atoms with E-state index in [1.165, 1.54) is 6.07 Å². The van der Waals surface area contributed by atoms with Gasteiger partial charge in [0.1, 0.15) is 11.6 Å². The molecule has 4 nitrogen and oxygen atoms in total. The van der Waals surface area contributed by atoms with E-state index in [2.05, 4.69) is 15.6 Å². The van der Waals surface area contributed by atoms with E-state index in [1.807, 2.05) is 18.2 Å². The highest BCUT2D eigenvalue weighted by molar-refractivity contribution is 6.30. The van der Waals surface area contributed by atoms with Crippen LogP contribution in [-0.4, -0.2) is 11.0 Å². The zero-order chi connectivity index (χ0) is 17.6. The average Bonchev–Trinajstić information content (AvgIpc) is 2.62. The van der Waals surface area contributed by atoms with Crippen LogP contribution in [0.5, 0.6) is 0 Å². The van der Waals surface area contributed by atoms with Crippen LogP contribution >= 0.6 is 11.6 Å². The Balaban J connectivity index is 1.64. The monoisotopic (exact) mass is 355 g/mol. The number of pyridine rings is 1. The number of carbonyl (C=O) groups excluding carboxylic acids is 1. The molecule has 25 heavy (non-hydrogen) atoms. The van der Waals surface area contributed by atoms with Crippen LogP contribution in [0.1, 0.15) is 5.56 Å². The van der Waals surface area contributed by atoms with Crippen LogP contribution in [0.15, 0.2) is 66.7 Å². The lowest BCUT2D eigenvalue weighted by Gasteiger charge is -2.09. The first-order chi connectivity index (χ1) is 12.1. The molecule has 3 aromatic rings. The van der Waals surface area contributed by atoms with Gasteiger partial charge in [-0.15, -0.1) is 0 Å². The number of anilines is 1. The minimum absolute atomic E-state index is 0.0926. The van der Waals surface area contributed by atoms with Gasteiger partial charge in [-0.3, -0.25) is 5.32 Å². The third kappa shape index (κ3) is 4.55. The van der Waals surface area contributed by atoms with E-state index in [9.17, 15) is 9.18 Å². The minimum atomic E-state index is -0.455. The Kier molecular flexibility index (Phi) is 5.26. The van der Waals surface area contributed by atoms with Crippen molar-refractivity contribution in [2.24, 2.45) is 0 Å². The summed E-state index contributed by atoms with van der Waals surface area (Å²) in [5.74, 6) is 0.0455. The molecule has 0 bridgehead atoms. The summed E-state index contributed by atoms with van der Waals surface area (Å²) in [6.45, 7) is 0.0926. The summed E-state index contributed by atoms with van der Waals surface area (Å²) in [5.41, 5.74) is 2.02. The van der Waals surface area contributed by atoms with Gasteiger partial charge in [-0.2, -0.15) is 0 Å². The highest BCUT2D eigenvalue weighted by Gasteiger charge is 2.07. The fourth-order valence-electron chi connectivity index (χ4n) is 2.26. The molecule has 3 rings (SSSR count). The molecule has 0 aliphatic heterocycles. The molecule has 2 N–H and O–H groups in total. The Morgan fingerprint density at radius 2 is 1.76 bits per heavy atom. The first-order valence-corrected chi connectivity index (χ1v) is 8.01. The van der Waals surface area contributed by atoms with Crippen molar-refractivity contribution < 1.29 is 9.18 Å². The molecular weight excluding hydrogens is 341 g/mol. The molecule has 0 spiro atoms. The molecule has 0 atom stereocenters. The molecule has 6 heteroatoms. The van der Waals surface area contributed by atoms with Crippen molar-refractivity contribution in [3.63, 3.8) is 0 Å². The maximum Gasteiger partial charge on any atom is 0.320 e. The van der Waals surface area contributed by atoms with E-state index in [0.29, 0.717) is 22.1 Å². The predicted octanol–water partition coefficient (Wildman–Crippen LogP) is 4.86. The van der Waals surface area contributed by atoms with Crippen molar-refractivity contribution >= 4 is 23.4 Å². The standard InChI is InChI=1S/C19H15ClFN3O/c20-15-10-8-13(9-11-15)17-6-3-7-18(23-17)24-19(25)22-12-14-4-1-2-5-16(14)21/h1-11H,12H2,(H2,22,23,24,25). The highest BCUT2D eigenvalue weighted by atomic mass is 35.5. The molecule has 126 valence electrons. The van der Waals surface area contributed by atoms with E-state index in [0.717, 1.165) is 5.56 Å². The molecular formula is C19H15ClFN3O. The van der Waals surface area contributed by atoms with Gasteiger partial charge in [0.15, 0.2) is 0 Å². The Labute approximate surface area is 149 Å². The van der Waals surface area contributed by atoms with Crippen LogP contribution in [0.3, 0.4) is 0 Å². The van der Waals surface area contributed by atoms with Gasteiger partial charge in [-0.1, -0.05) is 48.0 Å². The number of benzene rings is 2. The number of hydrogen-bond donors (Lipinski definition) is 2. The SMILES string of the molecule is O=C(NCc1ccccc1F)Nc1cccc(-c2ccc(Cl)cc2)n1. The maximum atomic E-state index is 13.5. The van der Waals surface area contributed by atoms with Crippen LogP contribution in [0, 0.1) is 5.82 Å². The van der Waals surface area contributed by atoms with Gasteiger partial charge in [-0.25, -0.2) is 14.2 Å². The van der Waals surface area contributed by atoms with Crippen molar-refractivity contribution in [3.05, 3.63) is 83.1 Å². The fourth-order valence-corrected chi connectivity index (χ4v) is 2.39. The Bertz CT molecular complexity index is 884. The second-order valence-electron chi connectivity index (χ2n) is 5.31. The number of carbonyl (C=O) groups is 1. The topological polar surface area (TPSA) is 54.0 Å². The predicted molar refractivity (Wildman–Crippen MR) is 96.9 cm³/mol. The number of urea groups is 1. The number of aromatic nitrogens is 1.